The Morgan fingerprint density at radius 3 is 2.59 bits per heavy atom. The molecule has 0 radical (unpaired) electrons. The molecule has 3 heterocycles. The van der Waals surface area contributed by atoms with Gasteiger partial charge in [-0.05, 0) is 30.5 Å². The van der Waals surface area contributed by atoms with Crippen molar-refractivity contribution in [1.82, 2.24) is 9.88 Å². The second kappa shape index (κ2) is 7.02. The molecule has 1 spiro atoms. The first-order valence-electron chi connectivity index (χ1n) is 9.38. The van der Waals surface area contributed by atoms with Crippen LogP contribution in [-0.2, 0) is 11.2 Å². The van der Waals surface area contributed by atoms with Crippen molar-refractivity contribution in [2.24, 2.45) is 11.1 Å². The summed E-state index contributed by atoms with van der Waals surface area (Å²) in [7, 11) is 0. The summed E-state index contributed by atoms with van der Waals surface area (Å²) in [4.78, 5) is 32.9. The van der Waals surface area contributed by atoms with E-state index in [0.29, 0.717) is 17.8 Å². The molecule has 0 saturated carbocycles. The Bertz CT molecular complexity index is 854. The zero-order chi connectivity index (χ0) is 18.9. The van der Waals surface area contributed by atoms with Gasteiger partial charge in [-0.15, -0.1) is 0 Å². The summed E-state index contributed by atoms with van der Waals surface area (Å²) in [6, 6.07) is 13.3. The molecule has 2 aromatic rings. The average Bonchev–Trinajstić information content (AvgIpc) is 3.30. The van der Waals surface area contributed by atoms with E-state index in [4.69, 9.17) is 5.73 Å². The molecule has 2 fully saturated rings. The average molecular weight is 364 g/mol. The lowest BCUT2D eigenvalue weighted by Gasteiger charge is -2.25. The van der Waals surface area contributed by atoms with Gasteiger partial charge in [-0.1, -0.05) is 30.3 Å². The molecule has 6 heteroatoms. The van der Waals surface area contributed by atoms with Gasteiger partial charge in [-0.2, -0.15) is 0 Å². The number of benzene rings is 1. The van der Waals surface area contributed by atoms with Crippen molar-refractivity contribution in [2.45, 2.75) is 19.3 Å². The fourth-order valence-corrected chi connectivity index (χ4v) is 4.32. The lowest BCUT2D eigenvalue weighted by molar-refractivity contribution is -0.129. The maximum atomic E-state index is 12.7. The van der Waals surface area contributed by atoms with Gasteiger partial charge in [-0.3, -0.25) is 9.59 Å². The highest BCUT2D eigenvalue weighted by molar-refractivity contribution is 5.97. The molecule has 1 atom stereocenters. The van der Waals surface area contributed by atoms with Crippen molar-refractivity contribution in [3.63, 3.8) is 0 Å². The van der Waals surface area contributed by atoms with E-state index in [-0.39, 0.29) is 11.3 Å². The van der Waals surface area contributed by atoms with Gasteiger partial charge in [0.2, 0.25) is 5.91 Å². The zero-order valence-electron chi connectivity index (χ0n) is 15.3. The van der Waals surface area contributed by atoms with Crippen LogP contribution in [0.1, 0.15) is 28.8 Å². The van der Waals surface area contributed by atoms with E-state index in [1.807, 2.05) is 35.2 Å². The minimum absolute atomic E-state index is 0.0821. The molecule has 6 nitrogen and oxygen atoms in total. The number of anilines is 1. The Kier molecular flexibility index (Phi) is 4.56. The number of hydrogen-bond acceptors (Lipinski definition) is 4. The van der Waals surface area contributed by atoms with Crippen LogP contribution in [0.15, 0.2) is 48.7 Å². The second-order valence-electron chi connectivity index (χ2n) is 7.64. The van der Waals surface area contributed by atoms with Crippen molar-refractivity contribution in [1.29, 1.82) is 0 Å². The van der Waals surface area contributed by atoms with E-state index in [2.05, 4.69) is 9.88 Å². The number of carbonyl (C=O) groups is 2. The van der Waals surface area contributed by atoms with Crippen LogP contribution < -0.4 is 10.6 Å². The summed E-state index contributed by atoms with van der Waals surface area (Å²) in [5.41, 5.74) is 7.10. The number of pyridine rings is 1. The Morgan fingerprint density at radius 2 is 1.81 bits per heavy atom. The number of nitrogens with zero attached hydrogens (tertiary/aromatic N) is 3. The monoisotopic (exact) mass is 364 g/mol. The number of rotatable bonds is 4. The molecule has 1 unspecified atom stereocenters. The van der Waals surface area contributed by atoms with Gasteiger partial charge in [-0.25, -0.2) is 4.98 Å². The second-order valence-corrected chi connectivity index (χ2v) is 7.64. The topological polar surface area (TPSA) is 79.5 Å². The normalized spacial score (nSPS) is 21.8. The molecular formula is C21H24N4O2. The van der Waals surface area contributed by atoms with E-state index < -0.39 is 5.91 Å². The number of hydrogen-bond donors (Lipinski definition) is 1. The Hall–Kier alpha value is -2.89. The highest BCUT2D eigenvalue weighted by Gasteiger charge is 2.45. The van der Waals surface area contributed by atoms with Gasteiger partial charge >= 0.3 is 0 Å². The molecule has 1 aromatic carbocycles. The SMILES string of the molecule is NC(=O)c1cccnc1N1CCC2(CCN(C(=O)Cc3ccccc3)C2)C1. The quantitative estimate of drug-likeness (QED) is 0.898. The summed E-state index contributed by atoms with van der Waals surface area (Å²) in [5.74, 6) is 0.397. The number of likely N-dealkylation sites (tertiary alicyclic amines) is 1. The van der Waals surface area contributed by atoms with Crippen molar-refractivity contribution in [3.8, 4) is 0 Å². The smallest absolute Gasteiger partial charge is 0.252 e. The molecule has 27 heavy (non-hydrogen) atoms. The fraction of sp³-hybridized carbons (Fsp3) is 0.381. The van der Waals surface area contributed by atoms with Crippen LogP contribution in [-0.4, -0.2) is 47.9 Å². The number of amides is 2. The first-order chi connectivity index (χ1) is 13.1. The lowest BCUT2D eigenvalue weighted by atomic mass is 9.86. The lowest BCUT2D eigenvalue weighted by Crippen LogP contribution is -2.35. The minimum atomic E-state index is -0.454. The van der Waals surface area contributed by atoms with E-state index in [1.165, 1.54) is 0 Å². The van der Waals surface area contributed by atoms with Gasteiger partial charge in [0.05, 0.1) is 12.0 Å². The Labute approximate surface area is 159 Å². The summed E-state index contributed by atoms with van der Waals surface area (Å²) in [6.45, 7) is 3.20. The third-order valence-corrected chi connectivity index (χ3v) is 5.78. The van der Waals surface area contributed by atoms with Crippen LogP contribution in [0, 0.1) is 5.41 Å². The number of aromatic nitrogens is 1. The van der Waals surface area contributed by atoms with Crippen molar-refractivity contribution in [3.05, 3.63) is 59.8 Å². The molecule has 1 aromatic heterocycles. The molecular weight excluding hydrogens is 340 g/mol. The molecule has 2 aliphatic rings. The highest BCUT2D eigenvalue weighted by atomic mass is 16.2. The molecule has 2 amide bonds. The number of nitrogens with two attached hydrogens (primary N) is 1. The Morgan fingerprint density at radius 1 is 1.04 bits per heavy atom. The summed E-state index contributed by atoms with van der Waals surface area (Å²) < 4.78 is 0. The predicted octanol–water partition coefficient (Wildman–Crippen LogP) is 1.85. The van der Waals surface area contributed by atoms with Gasteiger partial charge < -0.3 is 15.5 Å². The molecule has 0 bridgehead atoms. The highest BCUT2D eigenvalue weighted by Crippen LogP contribution is 2.41. The first kappa shape index (κ1) is 17.5. The Balaban J connectivity index is 1.43. The minimum Gasteiger partial charge on any atom is -0.365 e. The molecule has 4 rings (SSSR count). The van der Waals surface area contributed by atoms with Crippen LogP contribution in [0.5, 0.6) is 0 Å². The van der Waals surface area contributed by atoms with Crippen molar-refractivity contribution >= 4 is 17.6 Å². The summed E-state index contributed by atoms with van der Waals surface area (Å²) in [5, 5.41) is 0. The van der Waals surface area contributed by atoms with E-state index in [1.54, 1.807) is 18.3 Å². The maximum absolute atomic E-state index is 12.7. The van der Waals surface area contributed by atoms with Gasteiger partial charge in [0.25, 0.3) is 5.91 Å². The number of carbonyl (C=O) groups excluding carboxylic acids is 2. The largest absolute Gasteiger partial charge is 0.365 e. The molecule has 140 valence electrons. The van der Waals surface area contributed by atoms with Crippen LogP contribution in [0.3, 0.4) is 0 Å². The van der Waals surface area contributed by atoms with Crippen LogP contribution in [0.4, 0.5) is 5.82 Å². The van der Waals surface area contributed by atoms with Crippen LogP contribution in [0.25, 0.3) is 0 Å². The van der Waals surface area contributed by atoms with E-state index >= 15 is 0 Å². The van der Waals surface area contributed by atoms with E-state index in [9.17, 15) is 9.59 Å². The fourth-order valence-electron chi connectivity index (χ4n) is 4.32. The van der Waals surface area contributed by atoms with Crippen molar-refractivity contribution < 1.29 is 9.59 Å². The molecule has 0 aliphatic carbocycles. The third kappa shape index (κ3) is 3.52. The summed E-state index contributed by atoms with van der Waals surface area (Å²) >= 11 is 0. The standard InChI is InChI=1S/C21H24N4O2/c22-19(27)17-7-4-10-23-20(17)25-12-9-21(15-25)8-11-24(14-21)18(26)13-16-5-2-1-3-6-16/h1-7,10H,8-9,11-15H2,(H2,22,27). The third-order valence-electron chi connectivity index (χ3n) is 5.78. The maximum Gasteiger partial charge on any atom is 0.252 e. The van der Waals surface area contributed by atoms with Gasteiger partial charge in [0, 0.05) is 37.8 Å². The van der Waals surface area contributed by atoms with Crippen LogP contribution in [0.2, 0.25) is 0 Å². The number of primary amides is 1. The van der Waals surface area contributed by atoms with Gasteiger partial charge in [0.15, 0.2) is 0 Å². The van der Waals surface area contributed by atoms with E-state index in [0.717, 1.165) is 44.6 Å². The predicted molar refractivity (Wildman–Crippen MR) is 103 cm³/mol. The molecule has 2 aliphatic heterocycles. The first-order valence-corrected chi connectivity index (χ1v) is 9.38. The van der Waals surface area contributed by atoms with Gasteiger partial charge in [0.1, 0.15) is 5.82 Å². The summed E-state index contributed by atoms with van der Waals surface area (Å²) in [6.07, 6.45) is 4.13. The van der Waals surface area contributed by atoms with Crippen LogP contribution >= 0.6 is 0 Å². The van der Waals surface area contributed by atoms with Crippen molar-refractivity contribution in [2.75, 3.05) is 31.1 Å². The molecule has 2 saturated heterocycles. The molecule has 2 N–H and O–H groups in total. The zero-order valence-corrected chi connectivity index (χ0v) is 15.3.